The van der Waals surface area contributed by atoms with Gasteiger partial charge in [-0.25, -0.2) is 9.82 Å². The number of amides is 1. The van der Waals surface area contributed by atoms with Crippen molar-refractivity contribution in [1.82, 2.24) is 5.43 Å². The van der Waals surface area contributed by atoms with Crippen LogP contribution in [0.2, 0.25) is 0 Å². The van der Waals surface area contributed by atoms with Crippen LogP contribution in [0, 0.1) is 5.82 Å². The minimum Gasteiger partial charge on any atom is -0.267 e. The third kappa shape index (κ3) is 3.99. The average Bonchev–Trinajstić information content (AvgIpc) is 2.38. The maximum Gasteiger partial charge on any atom is 0.271 e. The number of nitrogens with zero attached hydrogens (tertiary/aromatic N) is 1. The van der Waals surface area contributed by atoms with E-state index in [0.717, 1.165) is 4.47 Å². The van der Waals surface area contributed by atoms with E-state index < -0.39 is 0 Å². The zero-order valence-corrected chi connectivity index (χ0v) is 11.4. The maximum absolute atomic E-state index is 12.9. The zero-order chi connectivity index (χ0) is 13.7. The molecule has 1 amide bonds. The molecule has 0 heterocycles. The third-order valence-corrected chi connectivity index (χ3v) is 2.81. The van der Waals surface area contributed by atoms with Gasteiger partial charge in [-0.15, -0.1) is 0 Å². The van der Waals surface area contributed by atoms with E-state index in [1.807, 2.05) is 6.07 Å². The summed E-state index contributed by atoms with van der Waals surface area (Å²) in [5, 5.41) is 3.78. The summed E-state index contributed by atoms with van der Waals surface area (Å²) in [4.78, 5) is 11.7. The van der Waals surface area contributed by atoms with Crippen LogP contribution in [0.4, 0.5) is 4.39 Å². The van der Waals surface area contributed by atoms with Crippen molar-refractivity contribution < 1.29 is 9.18 Å². The molecular formula is C14H10BrFN2O. The van der Waals surface area contributed by atoms with Gasteiger partial charge in [-0.2, -0.15) is 5.10 Å². The number of carbonyl (C=O) groups is 1. The summed E-state index contributed by atoms with van der Waals surface area (Å²) in [6.45, 7) is 0. The molecule has 0 atom stereocenters. The van der Waals surface area contributed by atoms with Gasteiger partial charge in [0.05, 0.1) is 6.21 Å². The molecule has 96 valence electrons. The van der Waals surface area contributed by atoms with Crippen molar-refractivity contribution in [2.75, 3.05) is 0 Å². The quantitative estimate of drug-likeness (QED) is 0.684. The van der Waals surface area contributed by atoms with Crippen LogP contribution in [0.25, 0.3) is 0 Å². The first kappa shape index (κ1) is 13.4. The van der Waals surface area contributed by atoms with E-state index in [4.69, 9.17) is 0 Å². The molecule has 5 heteroatoms. The van der Waals surface area contributed by atoms with Crippen molar-refractivity contribution in [2.24, 2.45) is 5.10 Å². The van der Waals surface area contributed by atoms with E-state index in [-0.39, 0.29) is 11.7 Å². The van der Waals surface area contributed by atoms with Gasteiger partial charge in [0, 0.05) is 10.0 Å². The Morgan fingerprint density at radius 2 is 2.00 bits per heavy atom. The molecule has 0 fully saturated rings. The number of hydrazone groups is 1. The second-order valence-electron chi connectivity index (χ2n) is 3.76. The van der Waals surface area contributed by atoms with E-state index in [9.17, 15) is 9.18 Å². The molecule has 3 nitrogen and oxygen atoms in total. The van der Waals surface area contributed by atoms with Gasteiger partial charge in [0.1, 0.15) is 5.82 Å². The fraction of sp³-hybridized carbons (Fsp3) is 0. The molecule has 19 heavy (non-hydrogen) atoms. The summed E-state index contributed by atoms with van der Waals surface area (Å²) in [5.74, 6) is -0.670. The van der Waals surface area contributed by atoms with E-state index in [0.29, 0.717) is 11.1 Å². The highest BCUT2D eigenvalue weighted by Crippen LogP contribution is 2.11. The van der Waals surface area contributed by atoms with Crippen LogP contribution in [0.15, 0.2) is 58.1 Å². The number of halogens is 2. The zero-order valence-electron chi connectivity index (χ0n) is 9.81. The van der Waals surface area contributed by atoms with Crippen molar-refractivity contribution in [3.05, 3.63) is 69.9 Å². The lowest BCUT2D eigenvalue weighted by Crippen LogP contribution is -2.17. The monoisotopic (exact) mass is 320 g/mol. The normalized spacial score (nSPS) is 10.6. The molecule has 2 aromatic rings. The summed E-state index contributed by atoms with van der Waals surface area (Å²) in [6.07, 6.45) is 1.39. The fourth-order valence-corrected chi connectivity index (χ4v) is 1.85. The smallest absolute Gasteiger partial charge is 0.267 e. The first-order valence-corrected chi connectivity index (χ1v) is 6.29. The van der Waals surface area contributed by atoms with Gasteiger partial charge >= 0.3 is 0 Å². The van der Waals surface area contributed by atoms with Crippen LogP contribution >= 0.6 is 15.9 Å². The van der Waals surface area contributed by atoms with E-state index in [1.54, 1.807) is 30.3 Å². The molecule has 2 aromatic carbocycles. The second-order valence-corrected chi connectivity index (χ2v) is 4.68. The summed E-state index contributed by atoms with van der Waals surface area (Å²) < 4.78 is 13.7. The Morgan fingerprint density at radius 3 is 2.74 bits per heavy atom. The SMILES string of the molecule is O=C(NN=Cc1cccc(F)c1)c1cccc(Br)c1. The summed E-state index contributed by atoms with van der Waals surface area (Å²) in [5.41, 5.74) is 3.45. The molecule has 0 spiro atoms. The summed E-state index contributed by atoms with van der Waals surface area (Å²) in [7, 11) is 0. The lowest BCUT2D eigenvalue weighted by atomic mass is 10.2. The Morgan fingerprint density at radius 1 is 1.21 bits per heavy atom. The van der Waals surface area contributed by atoms with Gasteiger partial charge in [-0.05, 0) is 35.9 Å². The predicted octanol–water partition coefficient (Wildman–Crippen LogP) is 3.35. The maximum atomic E-state index is 12.9. The molecular weight excluding hydrogens is 311 g/mol. The average molecular weight is 321 g/mol. The Labute approximate surface area is 118 Å². The summed E-state index contributed by atoms with van der Waals surface area (Å²) >= 11 is 3.28. The molecule has 0 saturated carbocycles. The Hall–Kier alpha value is -2.01. The van der Waals surface area contributed by atoms with E-state index in [2.05, 4.69) is 26.5 Å². The third-order valence-electron chi connectivity index (χ3n) is 2.32. The molecule has 0 saturated heterocycles. The molecule has 0 unspecified atom stereocenters. The summed E-state index contributed by atoms with van der Waals surface area (Å²) in [6, 6.07) is 12.9. The number of carbonyl (C=O) groups excluding carboxylic acids is 1. The van der Waals surface area contributed by atoms with Crippen molar-refractivity contribution in [2.45, 2.75) is 0 Å². The highest BCUT2D eigenvalue weighted by atomic mass is 79.9. The lowest BCUT2D eigenvalue weighted by molar-refractivity contribution is 0.0955. The molecule has 1 N–H and O–H groups in total. The Balaban J connectivity index is 2.01. The van der Waals surface area contributed by atoms with Gasteiger partial charge < -0.3 is 0 Å². The van der Waals surface area contributed by atoms with Crippen molar-refractivity contribution in [3.8, 4) is 0 Å². The van der Waals surface area contributed by atoms with Gasteiger partial charge in [0.15, 0.2) is 0 Å². The highest BCUT2D eigenvalue weighted by Gasteiger charge is 2.03. The molecule has 0 aliphatic heterocycles. The molecule has 0 aliphatic carbocycles. The first-order valence-electron chi connectivity index (χ1n) is 5.50. The Bertz CT molecular complexity index is 628. The number of hydrogen-bond acceptors (Lipinski definition) is 2. The standard InChI is InChI=1S/C14H10BrFN2O/c15-12-5-2-4-11(8-12)14(19)18-17-9-10-3-1-6-13(16)7-10/h1-9H,(H,18,19). The van der Waals surface area contributed by atoms with Crippen LogP contribution in [0.1, 0.15) is 15.9 Å². The minimum atomic E-state index is -0.345. The topological polar surface area (TPSA) is 41.5 Å². The molecule has 0 radical (unpaired) electrons. The van der Waals surface area contributed by atoms with Crippen molar-refractivity contribution in [3.63, 3.8) is 0 Å². The van der Waals surface area contributed by atoms with Crippen LogP contribution in [0.5, 0.6) is 0 Å². The van der Waals surface area contributed by atoms with Crippen LogP contribution in [-0.4, -0.2) is 12.1 Å². The largest absolute Gasteiger partial charge is 0.271 e. The van der Waals surface area contributed by atoms with Crippen LogP contribution in [-0.2, 0) is 0 Å². The minimum absolute atomic E-state index is 0.325. The van der Waals surface area contributed by atoms with Gasteiger partial charge in [0.2, 0.25) is 0 Å². The van der Waals surface area contributed by atoms with Crippen LogP contribution in [0.3, 0.4) is 0 Å². The lowest BCUT2D eigenvalue weighted by Gasteiger charge is -2.00. The Kier molecular flexibility index (Phi) is 4.41. The van der Waals surface area contributed by atoms with Gasteiger partial charge in [-0.1, -0.05) is 34.1 Å². The number of benzene rings is 2. The number of nitrogens with one attached hydrogen (secondary N) is 1. The molecule has 0 bridgehead atoms. The fourth-order valence-electron chi connectivity index (χ4n) is 1.45. The van der Waals surface area contributed by atoms with Crippen LogP contribution < -0.4 is 5.43 Å². The van der Waals surface area contributed by atoms with Gasteiger partial charge in [0.25, 0.3) is 5.91 Å². The first-order chi connectivity index (χ1) is 9.15. The second kappa shape index (κ2) is 6.24. The van der Waals surface area contributed by atoms with Crippen molar-refractivity contribution in [1.29, 1.82) is 0 Å². The number of hydrogen-bond donors (Lipinski definition) is 1. The van der Waals surface area contributed by atoms with Gasteiger partial charge in [-0.3, -0.25) is 4.79 Å². The predicted molar refractivity (Wildman–Crippen MR) is 75.6 cm³/mol. The number of rotatable bonds is 3. The van der Waals surface area contributed by atoms with E-state index >= 15 is 0 Å². The molecule has 0 aromatic heterocycles. The highest BCUT2D eigenvalue weighted by molar-refractivity contribution is 9.10. The van der Waals surface area contributed by atoms with E-state index in [1.165, 1.54) is 18.3 Å². The molecule has 0 aliphatic rings. The van der Waals surface area contributed by atoms with Crippen molar-refractivity contribution >= 4 is 28.1 Å². The molecule has 2 rings (SSSR count).